The lowest BCUT2D eigenvalue weighted by Gasteiger charge is -2.20. The van der Waals surface area contributed by atoms with Crippen molar-refractivity contribution in [1.82, 2.24) is 10.0 Å². The highest BCUT2D eigenvalue weighted by molar-refractivity contribution is 7.89. The van der Waals surface area contributed by atoms with Crippen LogP contribution in [0.4, 0.5) is 0 Å². The molecule has 0 saturated heterocycles. The van der Waals surface area contributed by atoms with Crippen molar-refractivity contribution < 1.29 is 13.2 Å². The first-order valence-electron chi connectivity index (χ1n) is 8.70. The van der Waals surface area contributed by atoms with Gasteiger partial charge in [-0.15, -0.1) is 11.6 Å². The number of carbonyl (C=O) groups excluding carboxylic acids is 1. The average Bonchev–Trinajstić information content (AvgIpc) is 3.07. The van der Waals surface area contributed by atoms with Crippen molar-refractivity contribution in [2.75, 3.05) is 12.4 Å². The summed E-state index contributed by atoms with van der Waals surface area (Å²) < 4.78 is 27.5. The summed E-state index contributed by atoms with van der Waals surface area (Å²) in [5.41, 5.74) is 0.384. The number of hydrogen-bond acceptors (Lipinski definition) is 3. The Hall–Kier alpha value is -1.11. The zero-order valence-corrected chi connectivity index (χ0v) is 16.4. The summed E-state index contributed by atoms with van der Waals surface area (Å²) >= 11 is 5.78. The molecule has 0 radical (unpaired) electrons. The summed E-state index contributed by atoms with van der Waals surface area (Å²) in [6.07, 6.45) is 4.63. The third-order valence-corrected chi connectivity index (χ3v) is 6.76. The van der Waals surface area contributed by atoms with Crippen LogP contribution < -0.4 is 10.0 Å². The largest absolute Gasteiger partial charge is 0.355 e. The summed E-state index contributed by atoms with van der Waals surface area (Å²) in [6.45, 7) is 4.09. The number of carbonyl (C=O) groups is 1. The molecule has 0 bridgehead atoms. The van der Waals surface area contributed by atoms with Gasteiger partial charge in [-0.2, -0.15) is 0 Å². The van der Waals surface area contributed by atoms with E-state index in [0.717, 1.165) is 31.2 Å². The molecule has 2 rings (SSSR count). The van der Waals surface area contributed by atoms with Crippen LogP contribution in [0, 0.1) is 5.41 Å². The van der Waals surface area contributed by atoms with E-state index >= 15 is 0 Å². The van der Waals surface area contributed by atoms with Crippen LogP contribution in [-0.4, -0.2) is 32.8 Å². The molecule has 1 aliphatic carbocycles. The maximum absolute atomic E-state index is 12.4. The zero-order chi connectivity index (χ0) is 18.5. The fourth-order valence-corrected chi connectivity index (χ4v) is 4.21. The van der Waals surface area contributed by atoms with Crippen molar-refractivity contribution in [2.24, 2.45) is 5.41 Å². The Kier molecular flexibility index (Phi) is 6.88. The quantitative estimate of drug-likeness (QED) is 0.674. The Bertz CT molecular complexity index is 681. The van der Waals surface area contributed by atoms with Gasteiger partial charge in [-0.3, -0.25) is 4.79 Å². The number of hydrogen-bond donors (Lipinski definition) is 2. The van der Waals surface area contributed by atoms with E-state index in [9.17, 15) is 13.2 Å². The van der Waals surface area contributed by atoms with Gasteiger partial charge in [0.25, 0.3) is 0 Å². The van der Waals surface area contributed by atoms with Crippen molar-refractivity contribution >= 4 is 27.5 Å². The van der Waals surface area contributed by atoms with Crippen LogP contribution in [-0.2, 0) is 21.2 Å². The highest BCUT2D eigenvalue weighted by Gasteiger charge is 2.26. The van der Waals surface area contributed by atoms with E-state index in [2.05, 4.69) is 10.0 Å². The van der Waals surface area contributed by atoms with Crippen molar-refractivity contribution in [3.63, 3.8) is 0 Å². The third-order valence-electron chi connectivity index (χ3n) is 4.56. The normalized spacial score (nSPS) is 16.1. The molecule has 0 atom stereocenters. The van der Waals surface area contributed by atoms with Crippen LogP contribution in [0.15, 0.2) is 29.2 Å². The monoisotopic (exact) mass is 386 g/mol. The van der Waals surface area contributed by atoms with E-state index in [0.29, 0.717) is 13.0 Å². The molecule has 1 fully saturated rings. The molecule has 5 nitrogen and oxygen atoms in total. The van der Waals surface area contributed by atoms with Crippen LogP contribution in [0.3, 0.4) is 0 Å². The number of rotatable bonds is 8. The molecule has 1 aromatic rings. The van der Waals surface area contributed by atoms with Crippen LogP contribution in [0.1, 0.15) is 45.1 Å². The number of sulfonamides is 1. The van der Waals surface area contributed by atoms with Crippen LogP contribution in [0.2, 0.25) is 0 Å². The fourth-order valence-electron chi connectivity index (χ4n) is 2.79. The summed E-state index contributed by atoms with van der Waals surface area (Å²) in [6, 6.07) is 6.89. The minimum absolute atomic E-state index is 0.0603. The van der Waals surface area contributed by atoms with Gasteiger partial charge >= 0.3 is 0 Å². The molecular formula is C18H27ClN2O3S. The summed E-state index contributed by atoms with van der Waals surface area (Å²) in [5.74, 6) is 0.182. The minimum atomic E-state index is -3.45. The van der Waals surface area contributed by atoms with Crippen molar-refractivity contribution in [1.29, 1.82) is 0 Å². The second-order valence-corrected chi connectivity index (χ2v) is 9.25. The number of benzene rings is 1. The van der Waals surface area contributed by atoms with Crippen molar-refractivity contribution in [2.45, 2.75) is 56.9 Å². The Balaban J connectivity index is 1.88. The fraction of sp³-hybridized carbons (Fsp3) is 0.611. The van der Waals surface area contributed by atoms with Gasteiger partial charge in [0.2, 0.25) is 15.9 Å². The summed E-state index contributed by atoms with van der Waals surface area (Å²) in [5, 5.41) is 2.86. The predicted octanol–water partition coefficient (Wildman–Crippen LogP) is 2.83. The molecule has 0 spiro atoms. The topological polar surface area (TPSA) is 75.3 Å². The van der Waals surface area contributed by atoms with Gasteiger partial charge in [-0.25, -0.2) is 13.1 Å². The molecule has 0 unspecified atom stereocenters. The van der Waals surface area contributed by atoms with Gasteiger partial charge in [-0.1, -0.05) is 25.0 Å². The molecule has 0 aromatic heterocycles. The molecule has 1 aliphatic rings. The maximum atomic E-state index is 12.4. The molecule has 1 saturated carbocycles. The zero-order valence-electron chi connectivity index (χ0n) is 14.8. The molecule has 0 aliphatic heterocycles. The van der Waals surface area contributed by atoms with E-state index in [1.165, 1.54) is 0 Å². The SMILES string of the molecule is CC(C)(CCl)C(=O)NCCc1ccc(S(=O)(=O)NC2CCCC2)cc1. The molecular weight excluding hydrogens is 360 g/mol. The highest BCUT2D eigenvalue weighted by Crippen LogP contribution is 2.21. The van der Waals surface area contributed by atoms with Gasteiger partial charge in [0, 0.05) is 18.5 Å². The first kappa shape index (κ1) is 20.2. The Morgan fingerprint density at radius 3 is 2.36 bits per heavy atom. The number of alkyl halides is 1. The van der Waals surface area contributed by atoms with Gasteiger partial charge < -0.3 is 5.32 Å². The van der Waals surface area contributed by atoms with Gasteiger partial charge in [0.1, 0.15) is 0 Å². The maximum Gasteiger partial charge on any atom is 0.240 e. The standard InChI is InChI=1S/C18H27ClN2O3S/c1-18(2,13-19)17(22)20-12-11-14-7-9-16(10-8-14)25(23,24)21-15-5-3-4-6-15/h7-10,15,21H,3-6,11-13H2,1-2H3,(H,20,22). The Morgan fingerprint density at radius 2 is 1.80 bits per heavy atom. The highest BCUT2D eigenvalue weighted by atomic mass is 35.5. The smallest absolute Gasteiger partial charge is 0.240 e. The van der Waals surface area contributed by atoms with Gasteiger partial charge in [0.05, 0.1) is 10.3 Å². The summed E-state index contributed by atoms with van der Waals surface area (Å²) in [4.78, 5) is 12.2. The van der Waals surface area contributed by atoms with Crippen LogP contribution in [0.25, 0.3) is 0 Å². The van der Waals surface area contributed by atoms with Crippen LogP contribution >= 0.6 is 11.6 Å². The average molecular weight is 387 g/mol. The first-order chi connectivity index (χ1) is 11.7. The third kappa shape index (κ3) is 5.69. The van der Waals surface area contributed by atoms with E-state index in [-0.39, 0.29) is 22.7 Å². The molecule has 1 amide bonds. The number of nitrogens with one attached hydrogen (secondary N) is 2. The minimum Gasteiger partial charge on any atom is -0.355 e. The van der Waals surface area contributed by atoms with Gasteiger partial charge in [0.15, 0.2) is 0 Å². The molecule has 25 heavy (non-hydrogen) atoms. The van der Waals surface area contributed by atoms with Crippen LogP contribution in [0.5, 0.6) is 0 Å². The van der Waals surface area contributed by atoms with E-state index < -0.39 is 15.4 Å². The second kappa shape index (κ2) is 8.52. The second-order valence-electron chi connectivity index (χ2n) is 7.27. The molecule has 0 heterocycles. The number of halogens is 1. The summed E-state index contributed by atoms with van der Waals surface area (Å²) in [7, 11) is -3.45. The molecule has 7 heteroatoms. The van der Waals surface area contributed by atoms with Crippen molar-refractivity contribution in [3.8, 4) is 0 Å². The lowest BCUT2D eigenvalue weighted by Crippen LogP contribution is -2.39. The van der Waals surface area contributed by atoms with Gasteiger partial charge in [-0.05, 0) is 50.8 Å². The van der Waals surface area contributed by atoms with E-state index in [1.807, 2.05) is 0 Å². The lowest BCUT2D eigenvalue weighted by atomic mass is 9.95. The van der Waals surface area contributed by atoms with Crippen molar-refractivity contribution in [3.05, 3.63) is 29.8 Å². The predicted molar refractivity (Wildman–Crippen MR) is 100 cm³/mol. The van der Waals surface area contributed by atoms with E-state index in [1.54, 1.807) is 38.1 Å². The Morgan fingerprint density at radius 1 is 1.20 bits per heavy atom. The molecule has 1 aromatic carbocycles. The molecule has 140 valence electrons. The number of amides is 1. The lowest BCUT2D eigenvalue weighted by molar-refractivity contribution is -0.128. The molecule has 2 N–H and O–H groups in total. The Labute approximate surface area is 155 Å². The van der Waals surface area contributed by atoms with E-state index in [4.69, 9.17) is 11.6 Å². The first-order valence-corrected chi connectivity index (χ1v) is 10.7.